The molecule has 2 rings (SSSR count). The highest BCUT2D eigenvalue weighted by molar-refractivity contribution is 5.75. The average molecular weight is 159 g/mol. The van der Waals surface area contributed by atoms with Gasteiger partial charge in [-0.1, -0.05) is 6.92 Å². The molecule has 2 aromatic heterocycles. The summed E-state index contributed by atoms with van der Waals surface area (Å²) in [6.07, 6.45) is 4.78. The molecule has 1 radical (unpaired) electrons. The Labute approximate surface area is 71.8 Å². The Kier molecular flexibility index (Phi) is 1.82. The minimum absolute atomic E-state index is 0.903. The Balaban J connectivity index is 2.55. The van der Waals surface area contributed by atoms with Crippen LogP contribution in [0.2, 0.25) is 0 Å². The topological polar surface area (TPSA) is 17.8 Å². The van der Waals surface area contributed by atoms with Gasteiger partial charge in [0.1, 0.15) is 5.65 Å². The molecule has 2 heterocycles. The molecule has 0 N–H and O–H groups in total. The molecule has 0 atom stereocenters. The SMILES string of the molecule is [CH2]CCn1ccc2cccnc21. The second-order valence-electron chi connectivity index (χ2n) is 2.78. The van der Waals surface area contributed by atoms with Crippen molar-refractivity contribution in [2.24, 2.45) is 0 Å². The molecule has 0 aliphatic rings. The normalized spacial score (nSPS) is 10.8. The van der Waals surface area contributed by atoms with Crippen LogP contribution in [0, 0.1) is 6.92 Å². The molecule has 0 spiro atoms. The van der Waals surface area contributed by atoms with Crippen LogP contribution in [-0.2, 0) is 6.54 Å². The molecule has 2 nitrogen and oxygen atoms in total. The van der Waals surface area contributed by atoms with Crippen molar-refractivity contribution in [3.63, 3.8) is 0 Å². The summed E-state index contributed by atoms with van der Waals surface area (Å²) in [5.41, 5.74) is 1.06. The molecule has 61 valence electrons. The first-order valence-electron chi connectivity index (χ1n) is 4.11. The van der Waals surface area contributed by atoms with Gasteiger partial charge in [0.05, 0.1) is 0 Å². The number of pyridine rings is 1. The maximum Gasteiger partial charge on any atom is 0.139 e. The lowest BCUT2D eigenvalue weighted by molar-refractivity contribution is 0.729. The molecule has 0 fully saturated rings. The average Bonchev–Trinajstić information content (AvgIpc) is 2.50. The van der Waals surface area contributed by atoms with Gasteiger partial charge in [0, 0.05) is 24.3 Å². The molecule has 0 bridgehead atoms. The lowest BCUT2D eigenvalue weighted by atomic mass is 10.3. The van der Waals surface area contributed by atoms with Crippen molar-refractivity contribution in [1.29, 1.82) is 0 Å². The van der Waals surface area contributed by atoms with Gasteiger partial charge in [-0.05, 0) is 24.6 Å². The van der Waals surface area contributed by atoms with E-state index in [2.05, 4.69) is 34.8 Å². The predicted molar refractivity (Wildman–Crippen MR) is 49.7 cm³/mol. The van der Waals surface area contributed by atoms with E-state index in [0.717, 1.165) is 18.6 Å². The maximum absolute atomic E-state index is 4.29. The highest BCUT2D eigenvalue weighted by Gasteiger charge is 1.98. The first kappa shape index (κ1) is 7.35. The van der Waals surface area contributed by atoms with Crippen molar-refractivity contribution in [2.75, 3.05) is 0 Å². The van der Waals surface area contributed by atoms with Crippen molar-refractivity contribution >= 4 is 11.0 Å². The Morgan fingerprint density at radius 1 is 1.42 bits per heavy atom. The molecule has 0 unspecified atom stereocenters. The summed E-state index contributed by atoms with van der Waals surface area (Å²) >= 11 is 0. The molecular weight excluding hydrogens is 148 g/mol. The highest BCUT2D eigenvalue weighted by atomic mass is 15.0. The van der Waals surface area contributed by atoms with Crippen LogP contribution in [0.1, 0.15) is 6.42 Å². The van der Waals surface area contributed by atoms with Gasteiger partial charge in [-0.15, -0.1) is 0 Å². The smallest absolute Gasteiger partial charge is 0.139 e. The van der Waals surface area contributed by atoms with E-state index >= 15 is 0 Å². The number of aromatic nitrogens is 2. The fraction of sp³-hybridized carbons (Fsp3) is 0.200. The van der Waals surface area contributed by atoms with Gasteiger partial charge in [-0.25, -0.2) is 4.98 Å². The fourth-order valence-electron chi connectivity index (χ4n) is 1.37. The molecule has 0 aliphatic carbocycles. The standard InChI is InChI=1S/C10H11N2/c1-2-7-12-8-5-9-4-3-6-11-10(9)12/h3-6,8H,1-2,7H2. The molecule has 2 heteroatoms. The summed E-state index contributed by atoms with van der Waals surface area (Å²) < 4.78 is 2.13. The molecule has 0 saturated carbocycles. The Bertz CT molecular complexity index is 376. The van der Waals surface area contributed by atoms with E-state index in [4.69, 9.17) is 0 Å². The molecular formula is C10H11N2. The van der Waals surface area contributed by atoms with Crippen LogP contribution in [0.4, 0.5) is 0 Å². The molecule has 2 aromatic rings. The lowest BCUT2D eigenvalue weighted by Crippen LogP contribution is -1.94. The van der Waals surface area contributed by atoms with Crippen LogP contribution in [-0.4, -0.2) is 9.55 Å². The zero-order valence-corrected chi connectivity index (χ0v) is 6.90. The Morgan fingerprint density at radius 2 is 2.33 bits per heavy atom. The number of fused-ring (bicyclic) bond motifs is 1. The molecule has 12 heavy (non-hydrogen) atoms. The third-order valence-electron chi connectivity index (χ3n) is 1.92. The number of hydrogen-bond acceptors (Lipinski definition) is 1. The second-order valence-corrected chi connectivity index (χ2v) is 2.78. The summed E-state index contributed by atoms with van der Waals surface area (Å²) in [5.74, 6) is 0. The number of rotatable bonds is 2. The van der Waals surface area contributed by atoms with E-state index in [0.29, 0.717) is 0 Å². The van der Waals surface area contributed by atoms with Crippen LogP contribution < -0.4 is 0 Å². The zero-order chi connectivity index (χ0) is 8.39. The Morgan fingerprint density at radius 3 is 3.17 bits per heavy atom. The summed E-state index contributed by atoms with van der Waals surface area (Å²) in [6.45, 7) is 4.76. The molecule has 0 aromatic carbocycles. The predicted octanol–water partition coefficient (Wildman–Crippen LogP) is 2.26. The number of hydrogen-bond donors (Lipinski definition) is 0. The van der Waals surface area contributed by atoms with Gasteiger partial charge in [-0.2, -0.15) is 0 Å². The summed E-state index contributed by atoms with van der Waals surface area (Å²) in [4.78, 5) is 4.29. The number of aryl methyl sites for hydroxylation is 1. The first-order chi connectivity index (χ1) is 5.92. The van der Waals surface area contributed by atoms with Gasteiger partial charge in [0.25, 0.3) is 0 Å². The minimum atomic E-state index is 0.903. The van der Waals surface area contributed by atoms with Crippen LogP contribution in [0.5, 0.6) is 0 Å². The van der Waals surface area contributed by atoms with Crippen molar-refractivity contribution < 1.29 is 0 Å². The lowest BCUT2D eigenvalue weighted by Gasteiger charge is -1.99. The molecule has 0 aliphatic heterocycles. The second kappa shape index (κ2) is 2.97. The fourth-order valence-corrected chi connectivity index (χ4v) is 1.37. The van der Waals surface area contributed by atoms with Crippen LogP contribution in [0.3, 0.4) is 0 Å². The molecule has 0 amide bonds. The summed E-state index contributed by atoms with van der Waals surface area (Å²) in [7, 11) is 0. The van der Waals surface area contributed by atoms with E-state index in [-0.39, 0.29) is 0 Å². The van der Waals surface area contributed by atoms with Crippen LogP contribution in [0.15, 0.2) is 30.6 Å². The zero-order valence-electron chi connectivity index (χ0n) is 6.90. The molecule has 0 saturated heterocycles. The van der Waals surface area contributed by atoms with Crippen LogP contribution >= 0.6 is 0 Å². The third kappa shape index (κ3) is 1.09. The van der Waals surface area contributed by atoms with Gasteiger partial charge in [0.2, 0.25) is 0 Å². The van der Waals surface area contributed by atoms with E-state index in [1.807, 2.05) is 12.3 Å². The number of nitrogens with zero attached hydrogens (tertiary/aromatic N) is 2. The van der Waals surface area contributed by atoms with Gasteiger partial charge < -0.3 is 4.57 Å². The third-order valence-corrected chi connectivity index (χ3v) is 1.92. The largest absolute Gasteiger partial charge is 0.333 e. The van der Waals surface area contributed by atoms with Gasteiger partial charge >= 0.3 is 0 Å². The van der Waals surface area contributed by atoms with Crippen LogP contribution in [0.25, 0.3) is 11.0 Å². The van der Waals surface area contributed by atoms with Crippen molar-refractivity contribution in [3.8, 4) is 0 Å². The van der Waals surface area contributed by atoms with E-state index in [1.54, 1.807) is 0 Å². The monoisotopic (exact) mass is 159 g/mol. The highest BCUT2D eigenvalue weighted by Crippen LogP contribution is 2.12. The van der Waals surface area contributed by atoms with Crippen molar-refractivity contribution in [1.82, 2.24) is 9.55 Å². The van der Waals surface area contributed by atoms with Crippen molar-refractivity contribution in [3.05, 3.63) is 37.5 Å². The van der Waals surface area contributed by atoms with Crippen molar-refractivity contribution in [2.45, 2.75) is 13.0 Å². The Hall–Kier alpha value is -1.31. The van der Waals surface area contributed by atoms with E-state index in [9.17, 15) is 0 Å². The maximum atomic E-state index is 4.29. The van der Waals surface area contributed by atoms with Gasteiger partial charge in [-0.3, -0.25) is 0 Å². The van der Waals surface area contributed by atoms with E-state index < -0.39 is 0 Å². The quantitative estimate of drug-likeness (QED) is 0.657. The first-order valence-corrected chi connectivity index (χ1v) is 4.11. The van der Waals surface area contributed by atoms with E-state index in [1.165, 1.54) is 5.39 Å². The minimum Gasteiger partial charge on any atom is -0.333 e. The van der Waals surface area contributed by atoms with Gasteiger partial charge in [0.15, 0.2) is 0 Å². The summed E-state index contributed by atoms with van der Waals surface area (Å²) in [6, 6.07) is 6.11. The summed E-state index contributed by atoms with van der Waals surface area (Å²) in [5, 5.41) is 1.20.